The van der Waals surface area contributed by atoms with Gasteiger partial charge in [-0.25, -0.2) is 0 Å². The molecule has 1 saturated carbocycles. The molecule has 0 unspecified atom stereocenters. The summed E-state index contributed by atoms with van der Waals surface area (Å²) in [5, 5.41) is 10.3. The summed E-state index contributed by atoms with van der Waals surface area (Å²) in [6.45, 7) is 1.34. The molecule has 1 aliphatic carbocycles. The zero-order valence-corrected chi connectivity index (χ0v) is 10.3. The molecule has 2 fully saturated rings. The lowest BCUT2D eigenvalue weighted by Crippen LogP contribution is -2.61. The van der Waals surface area contributed by atoms with Crippen molar-refractivity contribution in [2.45, 2.75) is 24.7 Å². The van der Waals surface area contributed by atoms with E-state index >= 15 is 0 Å². The topological polar surface area (TPSA) is 33.0 Å². The van der Waals surface area contributed by atoms with Crippen molar-refractivity contribution in [3.8, 4) is 6.07 Å². The molecule has 1 aromatic carbocycles. The second-order valence-corrected chi connectivity index (χ2v) is 5.57. The summed E-state index contributed by atoms with van der Waals surface area (Å²) in [6.07, 6.45) is 3.15. The largest absolute Gasteiger partial charge is 0.379 e. The summed E-state index contributed by atoms with van der Waals surface area (Å²) in [4.78, 5) is 0. The van der Waals surface area contributed by atoms with Crippen LogP contribution < -0.4 is 0 Å². The molecular formula is C14H14ClNO. The average Bonchev–Trinajstić information content (AvgIpc) is 2.22. The van der Waals surface area contributed by atoms with Crippen LogP contribution in [0.25, 0.3) is 0 Å². The van der Waals surface area contributed by atoms with Crippen LogP contribution in [0.4, 0.5) is 0 Å². The molecule has 1 aromatic rings. The predicted octanol–water partition coefficient (Wildman–Crippen LogP) is 3.30. The van der Waals surface area contributed by atoms with Crippen molar-refractivity contribution in [3.63, 3.8) is 0 Å². The molecule has 2 nitrogen and oxygen atoms in total. The van der Waals surface area contributed by atoms with E-state index in [4.69, 9.17) is 16.3 Å². The quantitative estimate of drug-likeness (QED) is 0.803. The van der Waals surface area contributed by atoms with Crippen molar-refractivity contribution >= 4 is 11.6 Å². The number of hydrogen-bond donors (Lipinski definition) is 0. The molecule has 0 spiro atoms. The van der Waals surface area contributed by atoms with Crippen LogP contribution in [-0.4, -0.2) is 13.2 Å². The zero-order valence-electron chi connectivity index (χ0n) is 9.58. The maximum atomic E-state index is 9.52. The molecule has 88 valence electrons. The minimum Gasteiger partial charge on any atom is -0.379 e. The minimum atomic E-state index is -0.209. The van der Waals surface area contributed by atoms with Gasteiger partial charge in [0.25, 0.3) is 0 Å². The van der Waals surface area contributed by atoms with E-state index in [1.54, 1.807) is 0 Å². The van der Waals surface area contributed by atoms with E-state index in [2.05, 4.69) is 6.07 Å². The van der Waals surface area contributed by atoms with Crippen molar-refractivity contribution in [2.75, 3.05) is 13.2 Å². The third-order valence-corrected chi connectivity index (χ3v) is 4.68. The zero-order chi connectivity index (χ0) is 11.9. The maximum Gasteiger partial charge on any atom is 0.0715 e. The van der Waals surface area contributed by atoms with Crippen molar-refractivity contribution in [1.29, 1.82) is 5.26 Å². The summed E-state index contributed by atoms with van der Waals surface area (Å²) in [5.74, 6) is 0. The Morgan fingerprint density at radius 3 is 2.18 bits per heavy atom. The molecular weight excluding hydrogens is 234 g/mol. The van der Waals surface area contributed by atoms with Gasteiger partial charge < -0.3 is 4.74 Å². The Morgan fingerprint density at radius 1 is 1.18 bits per heavy atom. The van der Waals surface area contributed by atoms with Gasteiger partial charge in [-0.05, 0) is 30.5 Å². The predicted molar refractivity (Wildman–Crippen MR) is 65.8 cm³/mol. The van der Waals surface area contributed by atoms with Crippen LogP contribution in [0.3, 0.4) is 0 Å². The number of halogens is 1. The Balaban J connectivity index is 2.03. The first kappa shape index (κ1) is 11.1. The molecule has 1 saturated heterocycles. The SMILES string of the molecule is N#CC1(C2(c3ccc(Cl)cc3)COC2)CCC1. The molecule has 0 amide bonds. The molecule has 0 radical (unpaired) electrons. The first-order valence-electron chi connectivity index (χ1n) is 5.98. The number of ether oxygens (including phenoxy) is 1. The number of nitrogens with zero attached hydrogens (tertiary/aromatic N) is 1. The van der Waals surface area contributed by atoms with Crippen LogP contribution in [-0.2, 0) is 10.2 Å². The van der Waals surface area contributed by atoms with Gasteiger partial charge in [0.2, 0.25) is 0 Å². The molecule has 1 heterocycles. The highest BCUT2D eigenvalue weighted by molar-refractivity contribution is 6.30. The Labute approximate surface area is 106 Å². The second-order valence-electron chi connectivity index (χ2n) is 5.13. The van der Waals surface area contributed by atoms with Gasteiger partial charge in [-0.15, -0.1) is 0 Å². The smallest absolute Gasteiger partial charge is 0.0715 e. The molecule has 3 rings (SSSR count). The highest BCUT2D eigenvalue weighted by Gasteiger charge is 2.60. The normalized spacial score (nSPS) is 24.2. The first-order valence-corrected chi connectivity index (χ1v) is 6.35. The van der Waals surface area contributed by atoms with E-state index < -0.39 is 0 Å². The van der Waals surface area contributed by atoms with E-state index in [9.17, 15) is 5.26 Å². The second kappa shape index (κ2) is 3.73. The Morgan fingerprint density at radius 2 is 1.82 bits per heavy atom. The molecule has 2 aliphatic rings. The molecule has 17 heavy (non-hydrogen) atoms. The van der Waals surface area contributed by atoms with Crippen molar-refractivity contribution in [2.24, 2.45) is 5.41 Å². The van der Waals surface area contributed by atoms with E-state index in [-0.39, 0.29) is 10.8 Å². The van der Waals surface area contributed by atoms with Crippen LogP contribution >= 0.6 is 11.6 Å². The summed E-state index contributed by atoms with van der Waals surface area (Å²) >= 11 is 5.92. The monoisotopic (exact) mass is 247 g/mol. The molecule has 1 aliphatic heterocycles. The minimum absolute atomic E-state index is 0.0927. The Kier molecular flexibility index (Phi) is 2.43. The Bertz CT molecular complexity index is 466. The fourth-order valence-corrected chi connectivity index (χ4v) is 3.15. The van der Waals surface area contributed by atoms with Gasteiger partial charge in [0.1, 0.15) is 0 Å². The third kappa shape index (κ3) is 1.36. The third-order valence-electron chi connectivity index (χ3n) is 4.43. The fourth-order valence-electron chi connectivity index (χ4n) is 3.02. The number of rotatable bonds is 2. The van der Waals surface area contributed by atoms with Gasteiger partial charge in [0.05, 0.1) is 30.1 Å². The molecule has 0 bridgehead atoms. The van der Waals surface area contributed by atoms with Crippen LogP contribution in [0.2, 0.25) is 5.02 Å². The van der Waals surface area contributed by atoms with Gasteiger partial charge >= 0.3 is 0 Å². The van der Waals surface area contributed by atoms with Crippen LogP contribution in [0.5, 0.6) is 0 Å². The first-order chi connectivity index (χ1) is 8.22. The van der Waals surface area contributed by atoms with Gasteiger partial charge in [0, 0.05) is 5.02 Å². The van der Waals surface area contributed by atoms with Gasteiger partial charge in [-0.2, -0.15) is 5.26 Å². The van der Waals surface area contributed by atoms with E-state index in [1.807, 2.05) is 24.3 Å². The highest BCUT2D eigenvalue weighted by atomic mass is 35.5. The van der Waals surface area contributed by atoms with Gasteiger partial charge in [-0.1, -0.05) is 30.2 Å². The van der Waals surface area contributed by atoms with E-state index in [1.165, 1.54) is 5.56 Å². The maximum absolute atomic E-state index is 9.52. The number of benzene rings is 1. The van der Waals surface area contributed by atoms with Crippen LogP contribution in [0.15, 0.2) is 24.3 Å². The molecule has 0 atom stereocenters. The average molecular weight is 248 g/mol. The summed E-state index contributed by atoms with van der Waals surface area (Å²) in [5.41, 5.74) is 0.901. The number of hydrogen-bond acceptors (Lipinski definition) is 2. The lowest BCUT2D eigenvalue weighted by atomic mass is 9.50. The van der Waals surface area contributed by atoms with Crippen molar-refractivity contribution in [3.05, 3.63) is 34.9 Å². The number of nitriles is 1. The molecule has 0 N–H and O–H groups in total. The standard InChI is InChI=1S/C14H14ClNO/c15-12-4-2-11(3-5-12)14(9-17-10-14)13(8-16)6-1-7-13/h2-5H,1,6-7,9-10H2. The van der Waals surface area contributed by atoms with Crippen LogP contribution in [0.1, 0.15) is 24.8 Å². The van der Waals surface area contributed by atoms with Crippen LogP contribution in [0, 0.1) is 16.7 Å². The van der Waals surface area contributed by atoms with Gasteiger partial charge in [-0.3, -0.25) is 0 Å². The van der Waals surface area contributed by atoms with Crippen molar-refractivity contribution in [1.82, 2.24) is 0 Å². The highest BCUT2D eigenvalue weighted by Crippen LogP contribution is 2.58. The fraction of sp³-hybridized carbons (Fsp3) is 0.500. The summed E-state index contributed by atoms with van der Waals surface area (Å²) in [7, 11) is 0. The van der Waals surface area contributed by atoms with E-state index in [0.717, 1.165) is 24.3 Å². The molecule has 3 heteroatoms. The lowest BCUT2D eigenvalue weighted by Gasteiger charge is -2.56. The molecule has 0 aromatic heterocycles. The van der Waals surface area contributed by atoms with Crippen molar-refractivity contribution < 1.29 is 4.74 Å². The van der Waals surface area contributed by atoms with E-state index in [0.29, 0.717) is 13.2 Å². The summed E-state index contributed by atoms with van der Waals surface area (Å²) < 4.78 is 5.42. The summed E-state index contributed by atoms with van der Waals surface area (Å²) in [6, 6.07) is 10.5. The Hall–Kier alpha value is -1.04. The lowest BCUT2D eigenvalue weighted by molar-refractivity contribution is -0.134. The van der Waals surface area contributed by atoms with Gasteiger partial charge in [0.15, 0.2) is 0 Å².